The molecule has 0 aromatic heterocycles. The molecular weight excluding hydrogens is 310 g/mol. The number of ether oxygens (including phenoxy) is 1. The van der Waals surface area contributed by atoms with Crippen molar-refractivity contribution < 1.29 is 9.53 Å². The van der Waals surface area contributed by atoms with Crippen molar-refractivity contribution in [3.05, 3.63) is 77.9 Å². The minimum Gasteiger partial charge on any atom is -0.468 e. The summed E-state index contributed by atoms with van der Waals surface area (Å²) in [7, 11) is 1.40. The monoisotopic (exact) mass is 333 g/mol. The lowest BCUT2D eigenvalue weighted by Crippen LogP contribution is -2.42. The van der Waals surface area contributed by atoms with Crippen molar-refractivity contribution in [1.82, 2.24) is 4.90 Å². The smallest absolute Gasteiger partial charge is 0.327 e. The Labute approximate surface area is 149 Å². The molecule has 2 aromatic rings. The molecule has 2 aromatic carbocycles. The number of terminal acetylenes is 1. The van der Waals surface area contributed by atoms with Gasteiger partial charge in [0, 0.05) is 6.04 Å². The number of nitrogens with zero attached hydrogens (tertiary/aromatic N) is 1. The highest BCUT2D eigenvalue weighted by molar-refractivity contribution is 5.79. The van der Waals surface area contributed by atoms with Gasteiger partial charge in [0.2, 0.25) is 0 Å². The first-order valence-electron chi connectivity index (χ1n) is 8.22. The van der Waals surface area contributed by atoms with Crippen LogP contribution in [0.4, 0.5) is 0 Å². The van der Waals surface area contributed by atoms with E-state index in [2.05, 4.69) is 5.92 Å². The van der Waals surface area contributed by atoms with E-state index in [-0.39, 0.29) is 12.0 Å². The predicted molar refractivity (Wildman–Crippen MR) is 102 cm³/mol. The molecule has 0 fully saturated rings. The van der Waals surface area contributed by atoms with Gasteiger partial charge in [-0.3, -0.25) is 9.69 Å². The van der Waals surface area contributed by atoms with E-state index in [4.69, 9.17) is 11.2 Å². The van der Waals surface area contributed by atoms with Crippen LogP contribution in [0.1, 0.15) is 24.1 Å². The van der Waals surface area contributed by atoms with Gasteiger partial charge in [-0.2, -0.15) is 0 Å². The second-order valence-corrected chi connectivity index (χ2v) is 5.70. The number of hydrogen-bond donors (Lipinski definition) is 0. The lowest BCUT2D eigenvalue weighted by Gasteiger charge is -2.32. The van der Waals surface area contributed by atoms with Crippen LogP contribution in [0, 0.1) is 12.3 Å². The molecule has 0 saturated carbocycles. The van der Waals surface area contributed by atoms with Crippen LogP contribution >= 0.6 is 0 Å². The van der Waals surface area contributed by atoms with Crippen LogP contribution in [0.2, 0.25) is 0 Å². The van der Waals surface area contributed by atoms with Crippen molar-refractivity contribution in [2.45, 2.75) is 19.0 Å². The topological polar surface area (TPSA) is 29.5 Å². The van der Waals surface area contributed by atoms with Gasteiger partial charge in [0.1, 0.15) is 6.04 Å². The van der Waals surface area contributed by atoms with Gasteiger partial charge < -0.3 is 4.74 Å². The Hall–Kier alpha value is -2.83. The van der Waals surface area contributed by atoms with Crippen LogP contribution in [0.15, 0.2) is 66.7 Å². The molecule has 2 atom stereocenters. The highest BCUT2D eigenvalue weighted by Gasteiger charge is 2.28. The molecule has 3 nitrogen and oxygen atoms in total. The van der Waals surface area contributed by atoms with Crippen molar-refractivity contribution in [3.63, 3.8) is 0 Å². The van der Waals surface area contributed by atoms with Crippen LogP contribution in [0.25, 0.3) is 6.08 Å². The van der Waals surface area contributed by atoms with Crippen LogP contribution in [-0.4, -0.2) is 30.6 Å². The zero-order valence-electron chi connectivity index (χ0n) is 14.6. The maximum atomic E-state index is 12.4. The number of benzene rings is 2. The molecule has 0 saturated heterocycles. The Morgan fingerprint density at radius 3 is 2.32 bits per heavy atom. The van der Waals surface area contributed by atoms with E-state index in [0.29, 0.717) is 6.54 Å². The number of carbonyl (C=O) groups excluding carboxylic acids is 1. The summed E-state index contributed by atoms with van der Waals surface area (Å²) >= 11 is 0. The molecule has 0 unspecified atom stereocenters. The van der Waals surface area contributed by atoms with Gasteiger partial charge in [-0.15, -0.1) is 6.42 Å². The summed E-state index contributed by atoms with van der Waals surface area (Å²) < 4.78 is 5.01. The summed E-state index contributed by atoms with van der Waals surface area (Å²) in [5.41, 5.74) is 2.11. The third-order valence-electron chi connectivity index (χ3n) is 4.12. The fourth-order valence-electron chi connectivity index (χ4n) is 2.72. The highest BCUT2D eigenvalue weighted by Crippen LogP contribution is 2.23. The standard InChI is InChI=1S/C22H23NO2/c1-4-17-23(18(2)20-13-9-6-10-14-20)21(22(24)25-3)16-15-19-11-7-5-8-12-19/h1,5-16,18,21H,17H2,2-3H3/b16-15-/t18-,21-/m0/s1. The van der Waals surface area contributed by atoms with Crippen LogP contribution in [0.5, 0.6) is 0 Å². The maximum absolute atomic E-state index is 12.4. The van der Waals surface area contributed by atoms with Crippen LogP contribution in [-0.2, 0) is 9.53 Å². The zero-order valence-corrected chi connectivity index (χ0v) is 14.6. The third kappa shape index (κ3) is 5.07. The minimum absolute atomic E-state index is 0.0261. The summed E-state index contributed by atoms with van der Waals surface area (Å²) in [6.07, 6.45) is 9.33. The fraction of sp³-hybridized carbons (Fsp3) is 0.227. The molecule has 128 valence electrons. The first-order valence-corrected chi connectivity index (χ1v) is 8.22. The van der Waals surface area contributed by atoms with Crippen molar-refractivity contribution in [2.75, 3.05) is 13.7 Å². The Bertz CT molecular complexity index is 732. The summed E-state index contributed by atoms with van der Waals surface area (Å²) in [6, 6.07) is 19.2. The number of rotatable bonds is 7. The van der Waals surface area contributed by atoms with Gasteiger partial charge in [0.05, 0.1) is 13.7 Å². The number of esters is 1. The van der Waals surface area contributed by atoms with Crippen LogP contribution in [0.3, 0.4) is 0 Å². The van der Waals surface area contributed by atoms with Crippen molar-refractivity contribution in [2.24, 2.45) is 0 Å². The minimum atomic E-state index is -0.559. The molecule has 0 heterocycles. The zero-order chi connectivity index (χ0) is 18.1. The highest BCUT2D eigenvalue weighted by atomic mass is 16.5. The summed E-state index contributed by atoms with van der Waals surface area (Å²) in [5.74, 6) is 2.33. The Balaban J connectivity index is 2.33. The van der Waals surface area contributed by atoms with E-state index in [0.717, 1.165) is 11.1 Å². The largest absolute Gasteiger partial charge is 0.468 e. The molecule has 2 rings (SSSR count). The van der Waals surface area contributed by atoms with E-state index in [1.807, 2.05) is 84.6 Å². The summed E-state index contributed by atoms with van der Waals surface area (Å²) in [6.45, 7) is 2.38. The van der Waals surface area contributed by atoms with Gasteiger partial charge in [-0.25, -0.2) is 0 Å². The molecule has 0 bridgehead atoms. The van der Waals surface area contributed by atoms with Crippen LogP contribution < -0.4 is 0 Å². The molecule has 0 N–H and O–H groups in total. The lowest BCUT2D eigenvalue weighted by molar-refractivity contribution is -0.145. The number of carbonyl (C=O) groups is 1. The normalized spacial score (nSPS) is 13.4. The second-order valence-electron chi connectivity index (χ2n) is 5.70. The predicted octanol–water partition coefficient (Wildman–Crippen LogP) is 3.94. The maximum Gasteiger partial charge on any atom is 0.327 e. The lowest BCUT2D eigenvalue weighted by atomic mass is 10.0. The Kier molecular flexibility index (Phi) is 7.00. The number of methoxy groups -OCH3 is 1. The van der Waals surface area contributed by atoms with Crippen molar-refractivity contribution in [1.29, 1.82) is 0 Å². The molecule has 25 heavy (non-hydrogen) atoms. The van der Waals surface area contributed by atoms with E-state index >= 15 is 0 Å². The average molecular weight is 333 g/mol. The summed E-state index contributed by atoms with van der Waals surface area (Å²) in [4.78, 5) is 14.4. The average Bonchev–Trinajstić information content (AvgIpc) is 2.68. The Morgan fingerprint density at radius 1 is 1.16 bits per heavy atom. The van der Waals surface area contributed by atoms with E-state index in [9.17, 15) is 4.79 Å². The molecule has 0 aliphatic heterocycles. The fourth-order valence-corrected chi connectivity index (χ4v) is 2.72. The second kappa shape index (κ2) is 9.46. The first-order chi connectivity index (χ1) is 12.2. The molecule has 0 amide bonds. The number of hydrogen-bond acceptors (Lipinski definition) is 3. The van der Waals surface area contributed by atoms with Gasteiger partial charge in [-0.05, 0) is 18.1 Å². The molecule has 0 spiro atoms. The first kappa shape index (κ1) is 18.5. The van der Waals surface area contributed by atoms with Gasteiger partial charge in [0.25, 0.3) is 0 Å². The molecule has 0 aliphatic carbocycles. The van der Waals surface area contributed by atoms with Gasteiger partial charge in [0.15, 0.2) is 0 Å². The molecular formula is C22H23NO2. The van der Waals surface area contributed by atoms with Crippen molar-refractivity contribution in [3.8, 4) is 12.3 Å². The molecule has 3 heteroatoms. The van der Waals surface area contributed by atoms with E-state index in [1.165, 1.54) is 7.11 Å². The molecule has 0 aliphatic rings. The molecule has 0 radical (unpaired) electrons. The van der Waals surface area contributed by atoms with Gasteiger partial charge in [-0.1, -0.05) is 78.7 Å². The quantitative estimate of drug-likeness (QED) is 0.568. The summed E-state index contributed by atoms with van der Waals surface area (Å²) in [5, 5.41) is 0. The third-order valence-corrected chi connectivity index (χ3v) is 4.12. The Morgan fingerprint density at radius 2 is 1.76 bits per heavy atom. The van der Waals surface area contributed by atoms with Gasteiger partial charge >= 0.3 is 5.97 Å². The van der Waals surface area contributed by atoms with Crippen molar-refractivity contribution >= 4 is 12.0 Å². The van der Waals surface area contributed by atoms with E-state index < -0.39 is 6.04 Å². The van der Waals surface area contributed by atoms with E-state index in [1.54, 1.807) is 0 Å². The SMILES string of the molecule is C#CCN([C@@H](/C=C\c1ccccc1)C(=O)OC)[C@@H](C)c1ccccc1.